The molecule has 0 atom stereocenters. The maximum absolute atomic E-state index is 10.8. The van der Waals surface area contributed by atoms with E-state index in [9.17, 15) is 4.79 Å². The van der Waals surface area contributed by atoms with E-state index in [2.05, 4.69) is 16.7 Å². The van der Waals surface area contributed by atoms with Crippen LogP contribution in [-0.2, 0) is 0 Å². The first kappa shape index (κ1) is 9.44. The Morgan fingerprint density at radius 1 is 1.00 bits per heavy atom. The zero-order chi connectivity index (χ0) is 9.68. The summed E-state index contributed by atoms with van der Waals surface area (Å²) in [5.41, 5.74) is 0.837. The molecule has 0 aliphatic carbocycles. The number of nitrogens with two attached hydrogens (primary N) is 2. The molecule has 0 saturated heterocycles. The van der Waals surface area contributed by atoms with Crippen LogP contribution >= 0.6 is 0 Å². The second kappa shape index (κ2) is 4.39. The number of fused-ring (bicyclic) bond motifs is 1. The molecular formula is C9H11N3O. The van der Waals surface area contributed by atoms with Crippen LogP contribution in [0.25, 0.3) is 10.9 Å². The van der Waals surface area contributed by atoms with E-state index in [1.807, 2.05) is 30.3 Å². The Morgan fingerprint density at radius 3 is 2.46 bits per heavy atom. The quantitative estimate of drug-likeness (QED) is 0.401. The first-order valence-corrected chi connectivity index (χ1v) is 3.78. The number of nitrogens with one attached hydrogen (secondary N) is 1. The van der Waals surface area contributed by atoms with Crippen LogP contribution in [0.3, 0.4) is 0 Å². The van der Waals surface area contributed by atoms with Gasteiger partial charge in [-0.05, 0) is 17.5 Å². The highest BCUT2D eigenvalue weighted by molar-refractivity contribution is 5.77. The molecule has 0 spiro atoms. The van der Waals surface area contributed by atoms with Gasteiger partial charge in [0.1, 0.15) is 0 Å². The van der Waals surface area contributed by atoms with Gasteiger partial charge in [-0.2, -0.15) is 0 Å². The molecule has 2 rings (SSSR count). The molecule has 0 saturated carbocycles. The molecule has 0 fully saturated rings. The summed E-state index contributed by atoms with van der Waals surface area (Å²) in [7, 11) is 0. The molecule has 13 heavy (non-hydrogen) atoms. The summed E-state index contributed by atoms with van der Waals surface area (Å²) in [5.74, 6) is 8.00. The minimum atomic E-state index is -0.0521. The third-order valence-electron chi connectivity index (χ3n) is 1.63. The van der Waals surface area contributed by atoms with Crippen molar-refractivity contribution < 1.29 is 0 Å². The molecule has 0 radical (unpaired) electrons. The zero-order valence-corrected chi connectivity index (χ0v) is 7.03. The monoisotopic (exact) mass is 177 g/mol. The molecule has 1 heterocycles. The predicted octanol–water partition coefficient (Wildman–Crippen LogP) is 0.347. The smallest absolute Gasteiger partial charge is 0.248 e. The fraction of sp³-hybridized carbons (Fsp3) is 0. The number of aromatic amines is 1. The summed E-state index contributed by atoms with van der Waals surface area (Å²) in [5, 5.41) is 1.06. The van der Waals surface area contributed by atoms with E-state index in [4.69, 9.17) is 0 Å². The molecule has 68 valence electrons. The number of pyridine rings is 1. The lowest BCUT2D eigenvalue weighted by Crippen LogP contribution is -2.02. The molecule has 0 unspecified atom stereocenters. The summed E-state index contributed by atoms with van der Waals surface area (Å²) in [6, 6.07) is 11.0. The van der Waals surface area contributed by atoms with Crippen LogP contribution in [0.2, 0.25) is 0 Å². The summed E-state index contributed by atoms with van der Waals surface area (Å²) in [6.07, 6.45) is 0. The molecule has 5 N–H and O–H groups in total. The van der Waals surface area contributed by atoms with Gasteiger partial charge in [0.05, 0.1) is 0 Å². The van der Waals surface area contributed by atoms with E-state index in [1.165, 1.54) is 6.07 Å². The van der Waals surface area contributed by atoms with E-state index < -0.39 is 0 Å². The molecule has 1 aromatic heterocycles. The molecule has 0 bridgehead atoms. The summed E-state index contributed by atoms with van der Waals surface area (Å²) in [6.45, 7) is 0. The Balaban J connectivity index is 0.000000396. The number of hydrazine groups is 1. The molecule has 4 nitrogen and oxygen atoms in total. The zero-order valence-electron chi connectivity index (χ0n) is 7.03. The van der Waals surface area contributed by atoms with Crippen LogP contribution in [0.15, 0.2) is 41.2 Å². The lowest BCUT2D eigenvalue weighted by molar-refractivity contribution is 1.26. The van der Waals surface area contributed by atoms with E-state index in [0.29, 0.717) is 0 Å². The average Bonchev–Trinajstić information content (AvgIpc) is 2.21. The highest BCUT2D eigenvalue weighted by Crippen LogP contribution is 2.06. The van der Waals surface area contributed by atoms with Crippen LogP contribution in [-0.4, -0.2) is 4.98 Å². The second-order valence-electron chi connectivity index (χ2n) is 2.41. The van der Waals surface area contributed by atoms with Crippen molar-refractivity contribution in [1.29, 1.82) is 0 Å². The number of rotatable bonds is 0. The van der Waals surface area contributed by atoms with Gasteiger partial charge in [-0.15, -0.1) is 0 Å². The van der Waals surface area contributed by atoms with Crippen molar-refractivity contribution in [2.75, 3.05) is 0 Å². The molecule has 2 aromatic rings. The van der Waals surface area contributed by atoms with Crippen LogP contribution in [0.5, 0.6) is 0 Å². The largest absolute Gasteiger partial charge is 0.322 e. The Morgan fingerprint density at radius 2 is 1.69 bits per heavy atom. The van der Waals surface area contributed by atoms with Crippen molar-refractivity contribution in [2.24, 2.45) is 11.7 Å². The number of hydrogen-bond acceptors (Lipinski definition) is 3. The van der Waals surface area contributed by atoms with Crippen molar-refractivity contribution in [2.45, 2.75) is 0 Å². The maximum Gasteiger partial charge on any atom is 0.248 e. The molecule has 0 aliphatic rings. The van der Waals surface area contributed by atoms with Gasteiger partial charge in [0.2, 0.25) is 5.56 Å². The van der Waals surface area contributed by atoms with Gasteiger partial charge in [0.15, 0.2) is 0 Å². The molecule has 1 aromatic carbocycles. The van der Waals surface area contributed by atoms with Crippen molar-refractivity contribution in [3.05, 3.63) is 46.8 Å². The second-order valence-corrected chi connectivity index (χ2v) is 2.41. The van der Waals surface area contributed by atoms with E-state index >= 15 is 0 Å². The SMILES string of the molecule is NN.O=c1ccc2ccccc2[nH]1. The van der Waals surface area contributed by atoms with E-state index in [1.54, 1.807) is 0 Å². The van der Waals surface area contributed by atoms with Crippen molar-refractivity contribution in [1.82, 2.24) is 4.98 Å². The maximum atomic E-state index is 10.8. The standard InChI is InChI=1S/C9H7NO.H4N2/c11-9-6-5-7-3-1-2-4-8(7)10-9;1-2/h1-6H,(H,10,11);1-2H2. The molecule has 0 amide bonds. The Kier molecular flexibility index (Phi) is 3.19. The van der Waals surface area contributed by atoms with Gasteiger partial charge in [-0.3, -0.25) is 16.5 Å². The number of para-hydroxylation sites is 1. The minimum Gasteiger partial charge on any atom is -0.322 e. The van der Waals surface area contributed by atoms with E-state index in [-0.39, 0.29) is 5.56 Å². The lowest BCUT2D eigenvalue weighted by Gasteiger charge is -1.93. The average molecular weight is 177 g/mol. The fourth-order valence-corrected chi connectivity index (χ4v) is 1.10. The van der Waals surface area contributed by atoms with Gasteiger partial charge in [-0.1, -0.05) is 18.2 Å². The highest BCUT2D eigenvalue weighted by atomic mass is 16.1. The first-order valence-electron chi connectivity index (χ1n) is 3.78. The van der Waals surface area contributed by atoms with Gasteiger partial charge in [0.25, 0.3) is 0 Å². The number of aromatic nitrogens is 1. The Labute approximate surface area is 75.1 Å². The Bertz CT molecular complexity index is 436. The number of hydrogen-bond donors (Lipinski definition) is 3. The summed E-state index contributed by atoms with van der Waals surface area (Å²) < 4.78 is 0. The Hall–Kier alpha value is -1.65. The van der Waals surface area contributed by atoms with Crippen LogP contribution in [0.4, 0.5) is 0 Å². The topological polar surface area (TPSA) is 84.9 Å². The first-order chi connectivity index (χ1) is 6.36. The summed E-state index contributed by atoms with van der Waals surface area (Å²) in [4.78, 5) is 13.6. The van der Waals surface area contributed by atoms with Crippen molar-refractivity contribution >= 4 is 10.9 Å². The normalized spacial score (nSPS) is 9.08. The minimum absolute atomic E-state index is 0.0521. The van der Waals surface area contributed by atoms with Gasteiger partial charge >= 0.3 is 0 Å². The third-order valence-corrected chi connectivity index (χ3v) is 1.63. The highest BCUT2D eigenvalue weighted by Gasteiger charge is 1.89. The third kappa shape index (κ3) is 2.14. The van der Waals surface area contributed by atoms with Crippen LogP contribution in [0.1, 0.15) is 0 Å². The van der Waals surface area contributed by atoms with Gasteiger partial charge < -0.3 is 4.98 Å². The molecule has 0 aliphatic heterocycles. The lowest BCUT2D eigenvalue weighted by atomic mass is 10.2. The molecular weight excluding hydrogens is 166 g/mol. The fourth-order valence-electron chi connectivity index (χ4n) is 1.10. The predicted molar refractivity (Wildman–Crippen MR) is 52.9 cm³/mol. The summed E-state index contributed by atoms with van der Waals surface area (Å²) >= 11 is 0. The van der Waals surface area contributed by atoms with E-state index in [0.717, 1.165) is 10.9 Å². The van der Waals surface area contributed by atoms with Crippen molar-refractivity contribution in [3.63, 3.8) is 0 Å². The molecule has 4 heteroatoms. The number of H-pyrrole nitrogens is 1. The number of benzene rings is 1. The van der Waals surface area contributed by atoms with Crippen LogP contribution < -0.4 is 17.2 Å². The van der Waals surface area contributed by atoms with Crippen molar-refractivity contribution in [3.8, 4) is 0 Å². The van der Waals surface area contributed by atoms with Crippen LogP contribution in [0, 0.1) is 0 Å². The van der Waals surface area contributed by atoms with Gasteiger partial charge in [-0.25, -0.2) is 0 Å². The van der Waals surface area contributed by atoms with Gasteiger partial charge in [0, 0.05) is 11.6 Å².